The van der Waals surface area contributed by atoms with Crippen molar-refractivity contribution in [2.24, 2.45) is 5.92 Å². The van der Waals surface area contributed by atoms with Gasteiger partial charge >= 0.3 is 0 Å². The Morgan fingerprint density at radius 1 is 1.03 bits per heavy atom. The monoisotopic (exact) mass is 503 g/mol. The van der Waals surface area contributed by atoms with Crippen LogP contribution in [0.1, 0.15) is 64.6 Å². The minimum Gasteiger partial charge on any atom is -0.382 e. The third kappa shape index (κ3) is 10.1. The molecule has 0 fully saturated rings. The molecule has 2 amide bonds. The zero-order valence-corrected chi connectivity index (χ0v) is 22.6. The van der Waals surface area contributed by atoms with Gasteiger partial charge in [-0.3, -0.25) is 9.59 Å². The third-order valence-corrected chi connectivity index (χ3v) is 6.23. The van der Waals surface area contributed by atoms with Crippen LogP contribution in [0.15, 0.2) is 42.6 Å². The summed E-state index contributed by atoms with van der Waals surface area (Å²) >= 11 is 6.38. The smallest absolute Gasteiger partial charge is 0.242 e. The molecule has 0 bridgehead atoms. The number of aromatic nitrogens is 1. The lowest BCUT2D eigenvalue weighted by molar-refractivity contribution is -0.141. The summed E-state index contributed by atoms with van der Waals surface area (Å²) in [6, 6.07) is 11.9. The molecular formula is C28H42ClN3O3. The SMILES string of the molecule is CCCCC(=O)N(CCCOCC)CC(=O)N(Cc1cccn1Cc1ccccc1Cl)CC(C)C. The Morgan fingerprint density at radius 3 is 2.49 bits per heavy atom. The Kier molecular flexibility index (Phi) is 12.9. The van der Waals surface area contributed by atoms with E-state index in [9.17, 15) is 9.59 Å². The van der Waals surface area contributed by atoms with E-state index in [1.807, 2.05) is 54.4 Å². The summed E-state index contributed by atoms with van der Waals surface area (Å²) in [6.45, 7) is 11.9. The Balaban J connectivity index is 2.13. The zero-order chi connectivity index (χ0) is 25.6. The molecule has 0 spiro atoms. The van der Waals surface area contributed by atoms with Gasteiger partial charge in [-0.2, -0.15) is 0 Å². The van der Waals surface area contributed by atoms with Gasteiger partial charge in [0.15, 0.2) is 0 Å². The van der Waals surface area contributed by atoms with Crippen LogP contribution < -0.4 is 0 Å². The van der Waals surface area contributed by atoms with Crippen LogP contribution in [0.4, 0.5) is 0 Å². The van der Waals surface area contributed by atoms with Crippen molar-refractivity contribution >= 4 is 23.4 Å². The van der Waals surface area contributed by atoms with Gasteiger partial charge in [-0.15, -0.1) is 0 Å². The quantitative estimate of drug-likeness (QED) is 0.279. The largest absolute Gasteiger partial charge is 0.382 e. The second-order valence-corrected chi connectivity index (χ2v) is 9.76. The van der Waals surface area contributed by atoms with Gasteiger partial charge in [-0.05, 0) is 49.4 Å². The average molecular weight is 504 g/mol. The number of rotatable bonds is 16. The summed E-state index contributed by atoms with van der Waals surface area (Å²) < 4.78 is 7.58. The first kappa shape index (κ1) is 28.9. The summed E-state index contributed by atoms with van der Waals surface area (Å²) in [4.78, 5) is 29.9. The van der Waals surface area contributed by atoms with Gasteiger partial charge in [0.1, 0.15) is 0 Å². The average Bonchev–Trinajstić information content (AvgIpc) is 3.26. The van der Waals surface area contributed by atoms with Crippen molar-refractivity contribution in [3.05, 3.63) is 58.9 Å². The zero-order valence-electron chi connectivity index (χ0n) is 21.8. The molecule has 2 aromatic rings. The van der Waals surface area contributed by atoms with Gasteiger partial charge in [0.25, 0.3) is 0 Å². The molecule has 35 heavy (non-hydrogen) atoms. The van der Waals surface area contributed by atoms with E-state index in [0.29, 0.717) is 51.7 Å². The molecule has 1 aromatic heterocycles. The van der Waals surface area contributed by atoms with Crippen LogP contribution in [0.5, 0.6) is 0 Å². The summed E-state index contributed by atoms with van der Waals surface area (Å²) in [5.41, 5.74) is 2.08. The van der Waals surface area contributed by atoms with E-state index in [1.54, 1.807) is 4.90 Å². The number of hydrogen-bond acceptors (Lipinski definition) is 3. The highest BCUT2D eigenvalue weighted by atomic mass is 35.5. The van der Waals surface area contributed by atoms with Crippen LogP contribution in [0, 0.1) is 5.92 Å². The maximum Gasteiger partial charge on any atom is 0.242 e. The van der Waals surface area contributed by atoms with Crippen LogP contribution in [-0.4, -0.2) is 59.0 Å². The van der Waals surface area contributed by atoms with E-state index in [2.05, 4.69) is 25.3 Å². The highest BCUT2D eigenvalue weighted by Crippen LogP contribution is 2.18. The topological polar surface area (TPSA) is 54.8 Å². The maximum absolute atomic E-state index is 13.5. The number of nitrogens with zero attached hydrogens (tertiary/aromatic N) is 3. The molecule has 0 atom stereocenters. The number of hydrogen-bond donors (Lipinski definition) is 0. The Labute approximate surface area is 216 Å². The number of carbonyl (C=O) groups is 2. The van der Waals surface area contributed by atoms with Crippen molar-refractivity contribution in [2.45, 2.75) is 66.5 Å². The van der Waals surface area contributed by atoms with E-state index in [-0.39, 0.29) is 18.4 Å². The van der Waals surface area contributed by atoms with Crippen molar-refractivity contribution in [2.75, 3.05) is 32.8 Å². The molecule has 194 valence electrons. The molecule has 0 aliphatic heterocycles. The molecule has 2 rings (SSSR count). The molecule has 0 aliphatic rings. The van der Waals surface area contributed by atoms with E-state index in [4.69, 9.17) is 16.3 Å². The number of unbranched alkanes of at least 4 members (excludes halogenated alkanes) is 1. The number of halogens is 1. The van der Waals surface area contributed by atoms with E-state index < -0.39 is 0 Å². The molecule has 0 saturated heterocycles. The first-order valence-electron chi connectivity index (χ1n) is 12.9. The van der Waals surface area contributed by atoms with Crippen LogP contribution >= 0.6 is 11.6 Å². The fourth-order valence-corrected chi connectivity index (χ4v) is 4.19. The lowest BCUT2D eigenvalue weighted by Gasteiger charge is -2.29. The van der Waals surface area contributed by atoms with Crippen molar-refractivity contribution in [3.8, 4) is 0 Å². The predicted octanol–water partition coefficient (Wildman–Crippen LogP) is 5.62. The maximum atomic E-state index is 13.5. The standard InChI is InChI=1S/C28H42ClN3O3/c1-5-7-15-27(33)31(17-11-18-35-6-2)22-28(34)32(19-23(3)4)21-25-13-10-16-30(25)20-24-12-8-9-14-26(24)29/h8-10,12-14,16,23H,5-7,11,15,17-22H2,1-4H3. The first-order chi connectivity index (χ1) is 16.8. The van der Waals surface area contributed by atoms with Gasteiger partial charge in [-0.25, -0.2) is 0 Å². The van der Waals surface area contributed by atoms with Crippen LogP contribution in [-0.2, 0) is 27.4 Å². The van der Waals surface area contributed by atoms with Crippen molar-refractivity contribution in [1.29, 1.82) is 0 Å². The van der Waals surface area contributed by atoms with Crippen LogP contribution in [0.3, 0.4) is 0 Å². The van der Waals surface area contributed by atoms with Crippen molar-refractivity contribution in [1.82, 2.24) is 14.4 Å². The van der Waals surface area contributed by atoms with Gasteiger partial charge in [0, 0.05) is 56.2 Å². The fraction of sp³-hybridized carbons (Fsp3) is 0.571. The molecule has 0 unspecified atom stereocenters. The molecule has 0 saturated carbocycles. The number of carbonyl (C=O) groups excluding carboxylic acids is 2. The molecule has 6 nitrogen and oxygen atoms in total. The second-order valence-electron chi connectivity index (χ2n) is 9.36. The molecule has 0 N–H and O–H groups in total. The minimum absolute atomic E-state index is 0.0227. The van der Waals surface area contributed by atoms with Crippen LogP contribution in [0.2, 0.25) is 5.02 Å². The highest BCUT2D eigenvalue weighted by Gasteiger charge is 2.22. The van der Waals surface area contributed by atoms with Gasteiger partial charge < -0.3 is 19.1 Å². The van der Waals surface area contributed by atoms with E-state index in [1.165, 1.54) is 0 Å². The van der Waals surface area contributed by atoms with Gasteiger partial charge in [0.2, 0.25) is 11.8 Å². The molecule has 1 aromatic carbocycles. The summed E-state index contributed by atoms with van der Waals surface area (Å²) in [5, 5.41) is 0.732. The van der Waals surface area contributed by atoms with Gasteiger partial charge in [0.05, 0.1) is 13.1 Å². The first-order valence-corrected chi connectivity index (χ1v) is 13.2. The molecule has 0 aliphatic carbocycles. The second kappa shape index (κ2) is 15.6. The third-order valence-electron chi connectivity index (χ3n) is 5.86. The van der Waals surface area contributed by atoms with Gasteiger partial charge in [-0.1, -0.05) is 57.0 Å². The highest BCUT2D eigenvalue weighted by molar-refractivity contribution is 6.31. The Morgan fingerprint density at radius 2 is 1.80 bits per heavy atom. The lowest BCUT2D eigenvalue weighted by Crippen LogP contribution is -2.44. The number of ether oxygens (including phenoxy) is 1. The Hall–Kier alpha value is -2.31. The van der Waals surface area contributed by atoms with Crippen molar-refractivity contribution < 1.29 is 14.3 Å². The molecule has 7 heteroatoms. The van der Waals surface area contributed by atoms with E-state index in [0.717, 1.165) is 35.5 Å². The van der Waals surface area contributed by atoms with Crippen LogP contribution in [0.25, 0.3) is 0 Å². The summed E-state index contributed by atoms with van der Waals surface area (Å²) in [6.07, 6.45) is 5.01. The van der Waals surface area contributed by atoms with E-state index >= 15 is 0 Å². The summed E-state index contributed by atoms with van der Waals surface area (Å²) in [7, 11) is 0. The molecular weight excluding hydrogens is 462 g/mol. The van der Waals surface area contributed by atoms with Crippen molar-refractivity contribution in [3.63, 3.8) is 0 Å². The Bertz CT molecular complexity index is 912. The normalized spacial score (nSPS) is 11.1. The fourth-order valence-electron chi connectivity index (χ4n) is 3.99. The summed E-state index contributed by atoms with van der Waals surface area (Å²) in [5.74, 6) is 0.335. The minimum atomic E-state index is -0.0227. The molecule has 0 radical (unpaired) electrons. The number of amides is 2. The molecule has 1 heterocycles. The lowest BCUT2D eigenvalue weighted by atomic mass is 10.2. The number of benzene rings is 1. The predicted molar refractivity (Wildman–Crippen MR) is 142 cm³/mol.